The van der Waals surface area contributed by atoms with Crippen molar-refractivity contribution in [2.24, 2.45) is 5.92 Å². The Balaban J connectivity index is 1.41. The van der Waals surface area contributed by atoms with Gasteiger partial charge in [-0.15, -0.1) is 10.2 Å². The van der Waals surface area contributed by atoms with Crippen LogP contribution in [-0.4, -0.2) is 63.9 Å². The van der Waals surface area contributed by atoms with Gasteiger partial charge >= 0.3 is 6.09 Å². The number of amides is 2. The third-order valence-electron chi connectivity index (χ3n) is 7.86. The Labute approximate surface area is 263 Å². The van der Waals surface area contributed by atoms with Gasteiger partial charge in [0, 0.05) is 18.8 Å². The number of hydrogen-bond donors (Lipinski definition) is 2. The molecule has 2 aromatic heterocycles. The third kappa shape index (κ3) is 6.71. The Kier molecular flexibility index (Phi) is 9.66. The number of benzene rings is 2. The number of anilines is 1. The SMILES string of the molecule is COC(=O)Nc1cnc(-c2ccccc2)n(CC(=O)N[C@@H](C(=O)c2nnc(C3(c4ccc(F)cc4)CCOCC3)o2)C(C)C)c1=O. The lowest BCUT2D eigenvalue weighted by molar-refractivity contribution is -0.122. The van der Waals surface area contributed by atoms with Gasteiger partial charge in [0.05, 0.1) is 24.8 Å². The molecule has 2 aromatic carbocycles. The minimum Gasteiger partial charge on any atom is -0.453 e. The van der Waals surface area contributed by atoms with Gasteiger partial charge in [-0.3, -0.25) is 24.3 Å². The molecule has 240 valence electrons. The molecule has 1 fully saturated rings. The number of aromatic nitrogens is 4. The molecule has 13 nitrogen and oxygen atoms in total. The second-order valence-corrected chi connectivity index (χ2v) is 11.1. The number of nitrogens with zero attached hydrogens (tertiary/aromatic N) is 4. The fourth-order valence-corrected chi connectivity index (χ4v) is 5.36. The minimum atomic E-state index is -1.09. The number of hydrogen-bond acceptors (Lipinski definition) is 10. The van der Waals surface area contributed by atoms with Gasteiger partial charge in [-0.05, 0) is 36.5 Å². The molecule has 1 aliphatic rings. The molecule has 0 spiro atoms. The number of halogens is 1. The van der Waals surface area contributed by atoms with Crippen LogP contribution in [0.5, 0.6) is 0 Å². The molecular weight excluding hydrogens is 599 g/mol. The van der Waals surface area contributed by atoms with E-state index < -0.39 is 47.3 Å². The summed E-state index contributed by atoms with van der Waals surface area (Å²) < 4.78 is 30.9. The zero-order valence-corrected chi connectivity index (χ0v) is 25.5. The maximum atomic E-state index is 13.7. The fraction of sp³-hybridized carbons (Fsp3) is 0.344. The first kappa shape index (κ1) is 32.2. The summed E-state index contributed by atoms with van der Waals surface area (Å²) in [5, 5.41) is 13.3. The molecule has 0 radical (unpaired) electrons. The van der Waals surface area contributed by atoms with Crippen LogP contribution in [0.15, 0.2) is 70.0 Å². The highest BCUT2D eigenvalue weighted by Gasteiger charge is 2.42. The summed E-state index contributed by atoms with van der Waals surface area (Å²) in [5.41, 5.74) is -0.372. The maximum Gasteiger partial charge on any atom is 0.411 e. The molecule has 1 aliphatic heterocycles. The van der Waals surface area contributed by atoms with Crippen molar-refractivity contribution in [2.75, 3.05) is 25.6 Å². The standard InChI is InChI=1S/C32H33FN6O7/c1-19(2)25(26(41)28-37-38-30(46-28)32(13-15-45-16-14-32)21-9-11-22(33)12-10-21)36-24(40)18-39-27(20-7-5-4-6-8-20)34-17-23(29(39)42)35-31(43)44-3/h4-12,17,19,25H,13-16,18H2,1-3H3,(H,35,43)(H,36,40)/t25-/m1/s1. The van der Waals surface area contributed by atoms with Gasteiger partial charge in [0.1, 0.15) is 23.9 Å². The average molecular weight is 633 g/mol. The van der Waals surface area contributed by atoms with E-state index in [0.717, 1.165) is 17.2 Å². The third-order valence-corrected chi connectivity index (χ3v) is 7.86. The summed E-state index contributed by atoms with van der Waals surface area (Å²) in [6.07, 6.45) is 1.26. The molecule has 0 aliphatic carbocycles. The molecule has 3 heterocycles. The Morgan fingerprint density at radius 1 is 1.04 bits per heavy atom. The van der Waals surface area contributed by atoms with E-state index >= 15 is 0 Å². The van der Waals surface area contributed by atoms with Crippen LogP contribution in [0.3, 0.4) is 0 Å². The van der Waals surface area contributed by atoms with E-state index in [1.165, 1.54) is 18.3 Å². The molecule has 14 heteroatoms. The molecule has 2 N–H and O–H groups in total. The first-order valence-electron chi connectivity index (χ1n) is 14.6. The largest absolute Gasteiger partial charge is 0.453 e. The maximum absolute atomic E-state index is 13.7. The Morgan fingerprint density at radius 2 is 1.74 bits per heavy atom. The van der Waals surface area contributed by atoms with Crippen molar-refractivity contribution in [3.8, 4) is 11.4 Å². The summed E-state index contributed by atoms with van der Waals surface area (Å²) >= 11 is 0. The number of rotatable bonds is 10. The van der Waals surface area contributed by atoms with Crippen LogP contribution in [0.25, 0.3) is 11.4 Å². The van der Waals surface area contributed by atoms with E-state index in [2.05, 4.69) is 30.6 Å². The zero-order valence-electron chi connectivity index (χ0n) is 25.5. The molecule has 46 heavy (non-hydrogen) atoms. The minimum absolute atomic E-state index is 0.174. The van der Waals surface area contributed by atoms with Crippen molar-refractivity contribution in [1.82, 2.24) is 25.1 Å². The van der Waals surface area contributed by atoms with Crippen LogP contribution in [-0.2, 0) is 26.2 Å². The second-order valence-electron chi connectivity index (χ2n) is 11.1. The lowest BCUT2D eigenvalue weighted by atomic mass is 9.74. The number of methoxy groups -OCH3 is 1. The van der Waals surface area contributed by atoms with Crippen molar-refractivity contribution in [2.45, 2.75) is 44.7 Å². The molecule has 0 unspecified atom stereocenters. The van der Waals surface area contributed by atoms with Crippen molar-refractivity contribution < 1.29 is 32.7 Å². The van der Waals surface area contributed by atoms with Gasteiger partial charge in [0.2, 0.25) is 17.6 Å². The van der Waals surface area contributed by atoms with E-state index in [-0.39, 0.29) is 29.1 Å². The van der Waals surface area contributed by atoms with Gasteiger partial charge in [-0.25, -0.2) is 14.2 Å². The van der Waals surface area contributed by atoms with E-state index in [4.69, 9.17) is 9.15 Å². The average Bonchev–Trinajstić information content (AvgIpc) is 3.57. The summed E-state index contributed by atoms with van der Waals surface area (Å²) in [6.45, 7) is 3.77. The van der Waals surface area contributed by atoms with Crippen LogP contribution in [0, 0.1) is 11.7 Å². The Bertz CT molecular complexity index is 1770. The predicted molar refractivity (Wildman–Crippen MR) is 163 cm³/mol. The first-order valence-corrected chi connectivity index (χ1v) is 14.6. The van der Waals surface area contributed by atoms with Crippen LogP contribution in [0.2, 0.25) is 0 Å². The highest BCUT2D eigenvalue weighted by molar-refractivity contribution is 5.98. The molecular formula is C32H33FN6O7. The summed E-state index contributed by atoms with van der Waals surface area (Å²) in [5.74, 6) is -2.00. The number of ether oxygens (including phenoxy) is 2. The van der Waals surface area contributed by atoms with Crippen LogP contribution < -0.4 is 16.2 Å². The van der Waals surface area contributed by atoms with Crippen LogP contribution in [0.1, 0.15) is 48.8 Å². The lowest BCUT2D eigenvalue weighted by Gasteiger charge is -2.34. The Hall–Kier alpha value is -5.24. The number of carbonyl (C=O) groups excluding carboxylic acids is 3. The van der Waals surface area contributed by atoms with E-state index in [1.54, 1.807) is 56.3 Å². The summed E-state index contributed by atoms with van der Waals surface area (Å²) in [7, 11) is 1.15. The molecule has 2 amide bonds. The number of ketones is 1. The van der Waals surface area contributed by atoms with Gasteiger partial charge in [-0.2, -0.15) is 0 Å². The smallest absolute Gasteiger partial charge is 0.411 e. The Morgan fingerprint density at radius 3 is 2.39 bits per heavy atom. The lowest BCUT2D eigenvalue weighted by Crippen LogP contribution is -2.46. The first-order chi connectivity index (χ1) is 22.1. The van der Waals surface area contributed by atoms with Crippen LogP contribution >= 0.6 is 0 Å². The number of nitrogens with one attached hydrogen (secondary N) is 2. The predicted octanol–water partition coefficient (Wildman–Crippen LogP) is 3.73. The van der Waals surface area contributed by atoms with Crippen molar-refractivity contribution >= 4 is 23.5 Å². The van der Waals surface area contributed by atoms with E-state index in [0.29, 0.717) is 31.6 Å². The van der Waals surface area contributed by atoms with E-state index in [1.807, 2.05) is 0 Å². The van der Waals surface area contributed by atoms with Gasteiger partial charge in [0.15, 0.2) is 0 Å². The second kappa shape index (κ2) is 13.8. The quantitative estimate of drug-likeness (QED) is 0.246. The van der Waals surface area contributed by atoms with E-state index in [9.17, 15) is 23.6 Å². The van der Waals surface area contributed by atoms with Gasteiger partial charge in [0.25, 0.3) is 11.4 Å². The zero-order chi connectivity index (χ0) is 32.8. The molecule has 5 rings (SSSR count). The molecule has 1 atom stereocenters. The van der Waals surface area contributed by atoms with Gasteiger partial charge in [-0.1, -0.05) is 56.3 Å². The fourth-order valence-electron chi connectivity index (χ4n) is 5.36. The van der Waals surface area contributed by atoms with Crippen LogP contribution in [0.4, 0.5) is 14.9 Å². The van der Waals surface area contributed by atoms with Crippen molar-refractivity contribution in [3.63, 3.8) is 0 Å². The highest BCUT2D eigenvalue weighted by Crippen LogP contribution is 2.40. The molecule has 4 aromatic rings. The summed E-state index contributed by atoms with van der Waals surface area (Å²) in [4.78, 5) is 56.6. The normalized spacial score (nSPS) is 14.8. The van der Waals surface area contributed by atoms with Gasteiger partial charge < -0.3 is 19.2 Å². The topological polar surface area (TPSA) is 168 Å². The van der Waals surface area contributed by atoms with Crippen molar-refractivity contribution in [3.05, 3.63) is 94.3 Å². The molecule has 1 saturated heterocycles. The molecule has 0 bridgehead atoms. The van der Waals surface area contributed by atoms with Crippen molar-refractivity contribution in [1.29, 1.82) is 0 Å². The molecule has 0 saturated carbocycles. The highest BCUT2D eigenvalue weighted by atomic mass is 19.1. The monoisotopic (exact) mass is 632 g/mol. The number of carbonyl (C=O) groups is 3. The number of Topliss-reactive ketones (excluding diaryl/α,β-unsaturated/α-hetero) is 1. The summed E-state index contributed by atoms with van der Waals surface area (Å²) in [6, 6.07) is 13.6.